The first-order valence-electron chi connectivity index (χ1n) is 16.0. The molecular formula is C36H37N5O3S2. The molecule has 3 aliphatic rings. The second-order valence-corrected chi connectivity index (χ2v) is 15.1. The van der Waals surface area contributed by atoms with Crippen molar-refractivity contribution in [3.8, 4) is 16.9 Å². The minimum absolute atomic E-state index is 0.257. The van der Waals surface area contributed by atoms with E-state index >= 15 is 0 Å². The van der Waals surface area contributed by atoms with Crippen molar-refractivity contribution < 1.29 is 13.2 Å². The number of para-hydroxylation sites is 1. The van der Waals surface area contributed by atoms with E-state index in [1.807, 2.05) is 48.7 Å². The van der Waals surface area contributed by atoms with Crippen molar-refractivity contribution in [2.45, 2.75) is 43.4 Å². The molecule has 236 valence electrons. The number of benzene rings is 3. The number of hydrogen-bond donors (Lipinski definition) is 0. The van der Waals surface area contributed by atoms with Gasteiger partial charge in [0.25, 0.3) is 5.91 Å². The molecule has 0 unspecified atom stereocenters. The van der Waals surface area contributed by atoms with E-state index in [1.54, 1.807) is 27.2 Å². The summed E-state index contributed by atoms with van der Waals surface area (Å²) >= 11 is 1.41. The van der Waals surface area contributed by atoms with E-state index in [9.17, 15) is 13.2 Å². The SMILES string of the molecule is O=C1N=C(N2CCC(Cc3ccccc3)CC2)SC1=Cc1cn(-c2ccccc2)nc1-c1cccc(S(=O)(=O)N2CCCCC2)c1. The van der Waals surface area contributed by atoms with Gasteiger partial charge in [-0.05, 0) is 85.7 Å². The van der Waals surface area contributed by atoms with E-state index in [1.165, 1.54) is 17.3 Å². The summed E-state index contributed by atoms with van der Waals surface area (Å²) in [5, 5.41) is 5.65. The Morgan fingerprint density at radius 1 is 0.848 bits per heavy atom. The van der Waals surface area contributed by atoms with Gasteiger partial charge in [0, 0.05) is 43.5 Å². The lowest BCUT2D eigenvalue weighted by atomic mass is 9.90. The lowest BCUT2D eigenvalue weighted by Crippen LogP contribution is -2.37. The maximum atomic E-state index is 13.5. The third-order valence-corrected chi connectivity index (χ3v) is 11.9. The highest BCUT2D eigenvalue weighted by atomic mass is 32.2. The van der Waals surface area contributed by atoms with Crippen molar-refractivity contribution in [1.29, 1.82) is 0 Å². The van der Waals surface area contributed by atoms with Crippen LogP contribution in [0.1, 0.15) is 43.2 Å². The first-order valence-corrected chi connectivity index (χ1v) is 18.3. The Bertz CT molecular complexity index is 1870. The second kappa shape index (κ2) is 13.4. The molecule has 0 saturated carbocycles. The summed E-state index contributed by atoms with van der Waals surface area (Å²) in [6, 6.07) is 27.4. The molecule has 0 spiro atoms. The van der Waals surface area contributed by atoms with Crippen LogP contribution in [0.15, 0.2) is 106 Å². The number of sulfonamides is 1. The van der Waals surface area contributed by atoms with E-state index < -0.39 is 10.0 Å². The minimum atomic E-state index is -3.62. The number of hydrogen-bond acceptors (Lipinski definition) is 6. The van der Waals surface area contributed by atoms with Gasteiger partial charge in [-0.3, -0.25) is 4.79 Å². The molecule has 4 aromatic rings. The summed E-state index contributed by atoms with van der Waals surface area (Å²) in [7, 11) is -3.62. The van der Waals surface area contributed by atoms with Gasteiger partial charge >= 0.3 is 0 Å². The Labute approximate surface area is 274 Å². The number of aliphatic imine (C=N–C) groups is 1. The molecule has 4 heterocycles. The van der Waals surface area contributed by atoms with Crippen molar-refractivity contribution in [2.24, 2.45) is 10.9 Å². The molecule has 10 heteroatoms. The average Bonchev–Trinajstić information content (AvgIpc) is 3.70. The van der Waals surface area contributed by atoms with Gasteiger partial charge in [-0.1, -0.05) is 67.1 Å². The van der Waals surface area contributed by atoms with Crippen LogP contribution in [0.4, 0.5) is 0 Å². The van der Waals surface area contributed by atoms with Gasteiger partial charge in [-0.25, -0.2) is 13.1 Å². The predicted octanol–water partition coefficient (Wildman–Crippen LogP) is 6.64. The third-order valence-electron chi connectivity index (χ3n) is 8.97. The van der Waals surface area contributed by atoms with Crippen LogP contribution in [0.2, 0.25) is 0 Å². The largest absolute Gasteiger partial charge is 0.351 e. The van der Waals surface area contributed by atoms with Gasteiger partial charge in [0.15, 0.2) is 5.17 Å². The molecule has 1 amide bonds. The van der Waals surface area contributed by atoms with Crippen LogP contribution in [0, 0.1) is 5.92 Å². The summed E-state index contributed by atoms with van der Waals surface area (Å²) in [5.74, 6) is 0.364. The highest BCUT2D eigenvalue weighted by Crippen LogP contribution is 2.35. The van der Waals surface area contributed by atoms with E-state index in [0.29, 0.717) is 35.2 Å². The van der Waals surface area contributed by atoms with Crippen LogP contribution < -0.4 is 0 Å². The first kappa shape index (κ1) is 30.7. The zero-order chi connectivity index (χ0) is 31.5. The van der Waals surface area contributed by atoms with Crippen LogP contribution in [0.3, 0.4) is 0 Å². The van der Waals surface area contributed by atoms with Crippen LogP contribution >= 0.6 is 11.8 Å². The Kier molecular flexibility index (Phi) is 8.93. The van der Waals surface area contributed by atoms with Crippen LogP contribution in [0.5, 0.6) is 0 Å². The number of likely N-dealkylation sites (tertiary alicyclic amines) is 1. The molecule has 0 atom stereocenters. The molecule has 46 heavy (non-hydrogen) atoms. The highest BCUT2D eigenvalue weighted by molar-refractivity contribution is 8.18. The zero-order valence-electron chi connectivity index (χ0n) is 25.7. The van der Waals surface area contributed by atoms with Gasteiger partial charge in [0.2, 0.25) is 10.0 Å². The standard InChI is InChI=1S/C36H37N5O3S2/c42-35-33(45-36(37-35)39-21-17-28(18-22-39)23-27-11-4-1-5-12-27)25-30-26-41(31-14-6-2-7-15-31)38-34(30)29-13-10-16-32(24-29)46(43,44)40-19-8-3-9-20-40/h1-2,4-7,10-16,24-26,28H,3,8-9,17-23H2. The maximum Gasteiger partial charge on any atom is 0.286 e. The Morgan fingerprint density at radius 3 is 2.30 bits per heavy atom. The number of amides is 1. The van der Waals surface area contributed by atoms with Crippen LogP contribution in [-0.2, 0) is 21.2 Å². The minimum Gasteiger partial charge on any atom is -0.351 e. The average molecular weight is 652 g/mol. The Morgan fingerprint density at radius 2 is 1.57 bits per heavy atom. The number of carbonyl (C=O) groups is 1. The lowest BCUT2D eigenvalue weighted by molar-refractivity contribution is -0.113. The number of piperidine rings is 2. The normalized spacial score (nSPS) is 19.1. The van der Waals surface area contributed by atoms with Crippen LogP contribution in [0.25, 0.3) is 23.0 Å². The van der Waals surface area contributed by atoms with E-state index in [0.717, 1.165) is 68.0 Å². The molecule has 0 N–H and O–H groups in total. The van der Waals surface area contributed by atoms with E-state index in [4.69, 9.17) is 5.10 Å². The fourth-order valence-corrected chi connectivity index (χ4v) is 8.96. The van der Waals surface area contributed by atoms with Crippen molar-refractivity contribution in [3.05, 3.63) is 107 Å². The Balaban J connectivity index is 1.14. The van der Waals surface area contributed by atoms with Gasteiger partial charge in [0.1, 0.15) is 5.69 Å². The summed E-state index contributed by atoms with van der Waals surface area (Å²) in [6.45, 7) is 2.83. The zero-order valence-corrected chi connectivity index (χ0v) is 27.3. The van der Waals surface area contributed by atoms with E-state index in [2.05, 4.69) is 40.2 Å². The monoisotopic (exact) mass is 651 g/mol. The van der Waals surface area contributed by atoms with Gasteiger partial charge in [-0.2, -0.15) is 14.4 Å². The van der Waals surface area contributed by atoms with Gasteiger partial charge < -0.3 is 4.90 Å². The molecule has 2 saturated heterocycles. The molecule has 7 rings (SSSR count). The maximum absolute atomic E-state index is 13.5. The third kappa shape index (κ3) is 6.61. The summed E-state index contributed by atoms with van der Waals surface area (Å²) < 4.78 is 30.4. The molecule has 0 aliphatic carbocycles. The van der Waals surface area contributed by atoms with Gasteiger partial charge in [0.05, 0.1) is 15.5 Å². The first-order chi connectivity index (χ1) is 22.4. The van der Waals surface area contributed by atoms with Crippen molar-refractivity contribution in [3.63, 3.8) is 0 Å². The number of carbonyl (C=O) groups excluding carboxylic acids is 1. The predicted molar refractivity (Wildman–Crippen MR) is 184 cm³/mol. The summed E-state index contributed by atoms with van der Waals surface area (Å²) in [6.07, 6.45) is 9.74. The summed E-state index contributed by atoms with van der Waals surface area (Å²) in [5.41, 5.74) is 4.25. The topological polar surface area (TPSA) is 87.9 Å². The number of aromatic nitrogens is 2. The molecule has 1 aromatic heterocycles. The van der Waals surface area contributed by atoms with Crippen molar-refractivity contribution in [1.82, 2.24) is 19.0 Å². The van der Waals surface area contributed by atoms with Crippen molar-refractivity contribution in [2.75, 3.05) is 26.2 Å². The smallest absolute Gasteiger partial charge is 0.286 e. The number of rotatable bonds is 7. The van der Waals surface area contributed by atoms with E-state index in [-0.39, 0.29) is 10.8 Å². The molecule has 8 nitrogen and oxygen atoms in total. The fraction of sp³-hybridized carbons (Fsp3) is 0.306. The number of thioether (sulfide) groups is 1. The number of amidine groups is 1. The molecule has 3 aromatic carbocycles. The second-order valence-electron chi connectivity index (χ2n) is 12.1. The molecular weight excluding hydrogens is 615 g/mol. The quantitative estimate of drug-likeness (QED) is 0.208. The van der Waals surface area contributed by atoms with Crippen molar-refractivity contribution >= 4 is 38.9 Å². The van der Waals surface area contributed by atoms with Crippen LogP contribution in [-0.4, -0.2) is 64.7 Å². The van der Waals surface area contributed by atoms with Gasteiger partial charge in [-0.15, -0.1) is 0 Å². The summed E-state index contributed by atoms with van der Waals surface area (Å²) in [4.78, 5) is 20.7. The Hall–Kier alpha value is -3.99. The molecule has 2 fully saturated rings. The highest BCUT2D eigenvalue weighted by Gasteiger charge is 2.30. The molecule has 3 aliphatic heterocycles. The molecule has 0 radical (unpaired) electrons. The molecule has 0 bridgehead atoms. The fourth-order valence-electron chi connectivity index (χ4n) is 6.44. The number of nitrogens with zero attached hydrogens (tertiary/aromatic N) is 5. The lowest BCUT2D eigenvalue weighted by Gasteiger charge is -2.32.